The third-order valence-electron chi connectivity index (χ3n) is 7.66. The first-order valence-electron chi connectivity index (χ1n) is 12.9. The molecule has 2 aliphatic heterocycles. The number of sulfonamides is 1. The van der Waals surface area contributed by atoms with Crippen LogP contribution in [-0.4, -0.2) is 66.7 Å². The summed E-state index contributed by atoms with van der Waals surface area (Å²) in [4.78, 5) is 40.0. The first kappa shape index (κ1) is 27.8. The van der Waals surface area contributed by atoms with Crippen molar-refractivity contribution in [2.75, 3.05) is 25.0 Å². The lowest BCUT2D eigenvalue weighted by molar-refractivity contribution is -0.135. The van der Waals surface area contributed by atoms with Gasteiger partial charge in [-0.3, -0.25) is 14.6 Å². The van der Waals surface area contributed by atoms with Gasteiger partial charge in [0.1, 0.15) is 17.9 Å². The van der Waals surface area contributed by atoms with Crippen molar-refractivity contribution in [2.45, 2.75) is 57.9 Å². The number of carboxylic acid groups (broad SMARTS) is 1. The highest BCUT2D eigenvalue weighted by Crippen LogP contribution is 2.36. The van der Waals surface area contributed by atoms with Gasteiger partial charge in [-0.1, -0.05) is 25.8 Å². The predicted molar refractivity (Wildman–Crippen MR) is 144 cm³/mol. The first-order chi connectivity index (χ1) is 18.0. The molecule has 0 radical (unpaired) electrons. The van der Waals surface area contributed by atoms with Crippen molar-refractivity contribution >= 4 is 45.5 Å². The van der Waals surface area contributed by atoms with Gasteiger partial charge in [0.05, 0.1) is 0 Å². The number of aliphatic imine (C=N–C) groups is 1. The molecule has 38 heavy (non-hydrogen) atoms. The number of aliphatic carboxylic acids is 1. The summed E-state index contributed by atoms with van der Waals surface area (Å²) in [5.74, 6) is 0.503. The van der Waals surface area contributed by atoms with Gasteiger partial charge in [-0.2, -0.15) is 4.31 Å². The Kier molecular flexibility index (Phi) is 8.22. The topological polar surface area (TPSA) is 157 Å². The zero-order valence-electron chi connectivity index (χ0n) is 21.7. The lowest BCUT2D eigenvalue weighted by atomic mass is 9.82. The Morgan fingerprint density at radius 3 is 2.53 bits per heavy atom. The number of urea groups is 1. The standard InChI is InChI=1S/C26H35N5O6S/c1-17-3-5-20(6-4-17)23-29-24(34)26(30-23)10-12-31(13-11-26)38(36,37)14-9-19-7-8-21(15-18(19)2)28-25(35)27-16-22(32)33/h7-9,14-15,17,20H,3-6,10-13,16H2,1-2H3,(H,32,33)(H2,27,28,35)(H,29,30,34). The molecule has 0 atom stereocenters. The quantitative estimate of drug-likeness (QED) is 0.413. The number of nitrogens with zero attached hydrogens (tertiary/aromatic N) is 2. The normalized spacial score (nSPS) is 23.7. The minimum atomic E-state index is -3.71. The molecule has 0 unspecified atom stereocenters. The summed E-state index contributed by atoms with van der Waals surface area (Å²) in [6.45, 7) is 3.95. The largest absolute Gasteiger partial charge is 0.480 e. The monoisotopic (exact) mass is 545 g/mol. The van der Waals surface area contributed by atoms with Crippen molar-refractivity contribution in [3.8, 4) is 0 Å². The van der Waals surface area contributed by atoms with Crippen LogP contribution in [0.25, 0.3) is 6.08 Å². The van der Waals surface area contributed by atoms with Gasteiger partial charge in [0.2, 0.25) is 10.0 Å². The SMILES string of the molecule is Cc1cc(NC(=O)NCC(=O)O)ccc1C=CS(=O)(=O)N1CCC2(CC1)N=C(C1CCC(C)CC1)NC2=O. The number of piperidine rings is 1. The van der Waals surface area contributed by atoms with E-state index in [9.17, 15) is 22.8 Å². The summed E-state index contributed by atoms with van der Waals surface area (Å²) in [6.07, 6.45) is 6.51. The van der Waals surface area contributed by atoms with E-state index < -0.39 is 34.1 Å². The summed E-state index contributed by atoms with van der Waals surface area (Å²) in [5.41, 5.74) is 0.963. The molecule has 4 rings (SSSR count). The molecule has 4 N–H and O–H groups in total. The van der Waals surface area contributed by atoms with E-state index in [2.05, 4.69) is 22.9 Å². The third-order valence-corrected chi connectivity index (χ3v) is 9.22. The number of amidine groups is 1. The molecule has 1 spiro atoms. The number of hydrogen-bond donors (Lipinski definition) is 4. The van der Waals surface area contributed by atoms with Crippen LogP contribution in [0.4, 0.5) is 10.5 Å². The number of aryl methyl sites for hydroxylation is 1. The lowest BCUT2D eigenvalue weighted by Gasteiger charge is -2.34. The molecular formula is C26H35N5O6S. The second-order valence-corrected chi connectivity index (χ2v) is 12.3. The summed E-state index contributed by atoms with van der Waals surface area (Å²) >= 11 is 0. The van der Waals surface area contributed by atoms with Crippen LogP contribution in [0.3, 0.4) is 0 Å². The van der Waals surface area contributed by atoms with Crippen LogP contribution in [0.1, 0.15) is 56.6 Å². The zero-order chi connectivity index (χ0) is 27.5. The Hall–Kier alpha value is -3.25. The second-order valence-electron chi connectivity index (χ2n) is 10.5. The van der Waals surface area contributed by atoms with Crippen molar-refractivity contribution in [1.82, 2.24) is 14.9 Å². The fourth-order valence-corrected chi connectivity index (χ4v) is 6.42. The van der Waals surface area contributed by atoms with E-state index in [1.165, 1.54) is 10.4 Å². The maximum Gasteiger partial charge on any atom is 0.323 e. The molecule has 11 nitrogen and oxygen atoms in total. The van der Waals surface area contributed by atoms with E-state index >= 15 is 0 Å². The third kappa shape index (κ3) is 6.41. The number of amides is 3. The Labute approximate surface area is 222 Å². The molecule has 1 aromatic rings. The number of rotatable bonds is 7. The Bertz CT molecular complexity index is 1260. The van der Waals surface area contributed by atoms with Gasteiger partial charge in [0, 0.05) is 30.1 Å². The van der Waals surface area contributed by atoms with Crippen molar-refractivity contribution in [2.24, 2.45) is 16.8 Å². The van der Waals surface area contributed by atoms with E-state index in [4.69, 9.17) is 10.1 Å². The van der Waals surface area contributed by atoms with Crippen LogP contribution in [0.5, 0.6) is 0 Å². The van der Waals surface area contributed by atoms with Crippen molar-refractivity contribution in [3.63, 3.8) is 0 Å². The van der Waals surface area contributed by atoms with Gasteiger partial charge in [0.25, 0.3) is 5.91 Å². The number of benzene rings is 1. The number of carboxylic acids is 1. The molecule has 3 amide bonds. The van der Waals surface area contributed by atoms with Crippen LogP contribution in [0.15, 0.2) is 28.6 Å². The molecular weight excluding hydrogens is 510 g/mol. The van der Waals surface area contributed by atoms with Gasteiger partial charge < -0.3 is 21.1 Å². The molecule has 2 fully saturated rings. The van der Waals surface area contributed by atoms with Gasteiger partial charge >= 0.3 is 12.0 Å². The van der Waals surface area contributed by atoms with E-state index in [1.54, 1.807) is 25.1 Å². The number of anilines is 1. The first-order valence-corrected chi connectivity index (χ1v) is 14.4. The molecule has 1 aliphatic carbocycles. The molecule has 0 aromatic heterocycles. The summed E-state index contributed by atoms with van der Waals surface area (Å²) in [5, 5.41) is 17.5. The van der Waals surface area contributed by atoms with E-state index in [-0.39, 0.29) is 24.9 Å². The summed E-state index contributed by atoms with van der Waals surface area (Å²) in [6, 6.07) is 4.29. The van der Waals surface area contributed by atoms with Crippen molar-refractivity contribution in [1.29, 1.82) is 0 Å². The van der Waals surface area contributed by atoms with Gasteiger partial charge in [0.15, 0.2) is 0 Å². The van der Waals surface area contributed by atoms with E-state index in [0.717, 1.165) is 42.5 Å². The lowest BCUT2D eigenvalue weighted by Crippen LogP contribution is -2.50. The Morgan fingerprint density at radius 2 is 1.89 bits per heavy atom. The number of hydrogen-bond acceptors (Lipinski definition) is 6. The molecule has 1 saturated heterocycles. The summed E-state index contributed by atoms with van der Waals surface area (Å²) in [7, 11) is -3.71. The van der Waals surface area contributed by atoms with Crippen LogP contribution in [-0.2, 0) is 19.6 Å². The highest BCUT2D eigenvalue weighted by Gasteiger charge is 2.48. The smallest absolute Gasteiger partial charge is 0.323 e. The average molecular weight is 546 g/mol. The maximum absolute atomic E-state index is 13.0. The minimum absolute atomic E-state index is 0.111. The maximum atomic E-state index is 13.0. The molecule has 12 heteroatoms. The fourth-order valence-electron chi connectivity index (χ4n) is 5.24. The van der Waals surface area contributed by atoms with E-state index in [1.807, 2.05) is 0 Å². The zero-order valence-corrected chi connectivity index (χ0v) is 22.5. The fraction of sp³-hybridized carbons (Fsp3) is 0.538. The number of carbonyl (C=O) groups is 3. The van der Waals surface area contributed by atoms with Crippen molar-refractivity contribution in [3.05, 3.63) is 34.7 Å². The van der Waals surface area contributed by atoms with Gasteiger partial charge in [-0.05, 0) is 67.9 Å². The highest BCUT2D eigenvalue weighted by molar-refractivity contribution is 7.92. The predicted octanol–water partition coefficient (Wildman–Crippen LogP) is 2.69. The molecule has 0 bridgehead atoms. The van der Waals surface area contributed by atoms with E-state index in [0.29, 0.717) is 30.0 Å². The average Bonchev–Trinajstić information content (AvgIpc) is 3.18. The minimum Gasteiger partial charge on any atom is -0.480 e. The Balaban J connectivity index is 1.35. The van der Waals surface area contributed by atoms with Crippen LogP contribution in [0, 0.1) is 18.8 Å². The summed E-state index contributed by atoms with van der Waals surface area (Å²) < 4.78 is 27.4. The molecule has 2 heterocycles. The molecule has 206 valence electrons. The second kappa shape index (κ2) is 11.2. The molecule has 1 saturated carbocycles. The molecule has 1 aromatic carbocycles. The van der Waals surface area contributed by atoms with Crippen LogP contribution >= 0.6 is 0 Å². The van der Waals surface area contributed by atoms with Gasteiger partial charge in [-0.15, -0.1) is 0 Å². The Morgan fingerprint density at radius 1 is 1.21 bits per heavy atom. The highest BCUT2D eigenvalue weighted by atomic mass is 32.2. The van der Waals surface area contributed by atoms with Crippen LogP contribution in [0.2, 0.25) is 0 Å². The van der Waals surface area contributed by atoms with Crippen LogP contribution < -0.4 is 16.0 Å². The molecule has 3 aliphatic rings. The van der Waals surface area contributed by atoms with Gasteiger partial charge in [-0.25, -0.2) is 13.2 Å². The number of carbonyl (C=O) groups excluding carboxylic acids is 2. The number of nitrogens with one attached hydrogen (secondary N) is 3. The van der Waals surface area contributed by atoms with Crippen molar-refractivity contribution < 1.29 is 27.9 Å².